The van der Waals surface area contributed by atoms with Crippen LogP contribution in [0.5, 0.6) is 5.88 Å². The molecule has 1 heterocycles. The van der Waals surface area contributed by atoms with Crippen LogP contribution in [0.25, 0.3) is 0 Å². The predicted molar refractivity (Wildman–Crippen MR) is 80.3 cm³/mol. The zero-order valence-corrected chi connectivity index (χ0v) is 12.3. The number of aromatic hydroxyl groups is 1. The molecule has 1 aromatic rings. The SMILES string of the molecule is CCCN(C(=O)c1cc(O)[nH]c(=O)c1)C1CCC(N)CC1. The van der Waals surface area contributed by atoms with E-state index in [-0.39, 0.29) is 29.4 Å². The molecule has 1 aliphatic rings. The Balaban J connectivity index is 2.20. The van der Waals surface area contributed by atoms with Crippen molar-refractivity contribution in [2.45, 2.75) is 51.1 Å². The lowest BCUT2D eigenvalue weighted by Crippen LogP contribution is -2.44. The Bertz CT molecular complexity index is 547. The largest absolute Gasteiger partial charge is 0.494 e. The Morgan fingerprint density at radius 2 is 2.05 bits per heavy atom. The highest BCUT2D eigenvalue weighted by atomic mass is 16.3. The molecule has 6 nitrogen and oxygen atoms in total. The number of pyridine rings is 1. The second kappa shape index (κ2) is 6.76. The summed E-state index contributed by atoms with van der Waals surface area (Å²) in [6, 6.07) is 2.93. The van der Waals surface area contributed by atoms with E-state index in [0.29, 0.717) is 6.54 Å². The molecule has 116 valence electrons. The number of carbonyl (C=O) groups excluding carboxylic acids is 1. The fraction of sp³-hybridized carbons (Fsp3) is 0.600. The number of amides is 1. The van der Waals surface area contributed by atoms with Crippen LogP contribution in [0.15, 0.2) is 16.9 Å². The van der Waals surface area contributed by atoms with Crippen molar-refractivity contribution in [1.82, 2.24) is 9.88 Å². The maximum absolute atomic E-state index is 12.7. The van der Waals surface area contributed by atoms with Crippen LogP contribution in [-0.4, -0.2) is 39.5 Å². The highest BCUT2D eigenvalue weighted by molar-refractivity contribution is 5.94. The normalized spacial score (nSPS) is 22.0. The highest BCUT2D eigenvalue weighted by Crippen LogP contribution is 2.24. The molecule has 0 saturated heterocycles. The standard InChI is InChI=1S/C15H23N3O3/c1-2-7-18(12-5-3-11(16)4-6-12)15(21)10-8-13(19)17-14(20)9-10/h8-9,11-12H,2-7,16H2,1H3,(H2,17,19,20). The van der Waals surface area contributed by atoms with Crippen LogP contribution >= 0.6 is 0 Å². The van der Waals surface area contributed by atoms with Crippen molar-refractivity contribution in [2.24, 2.45) is 5.73 Å². The zero-order chi connectivity index (χ0) is 15.4. The maximum atomic E-state index is 12.7. The molecule has 6 heteroatoms. The Hall–Kier alpha value is -1.82. The lowest BCUT2D eigenvalue weighted by Gasteiger charge is -2.36. The van der Waals surface area contributed by atoms with E-state index in [2.05, 4.69) is 4.98 Å². The molecule has 0 aliphatic heterocycles. The average Bonchev–Trinajstić information content (AvgIpc) is 2.44. The van der Waals surface area contributed by atoms with Crippen LogP contribution in [0.3, 0.4) is 0 Å². The fourth-order valence-electron chi connectivity index (χ4n) is 2.92. The summed E-state index contributed by atoms with van der Waals surface area (Å²) in [6.45, 7) is 2.66. The van der Waals surface area contributed by atoms with Gasteiger partial charge in [0, 0.05) is 30.8 Å². The van der Waals surface area contributed by atoms with Gasteiger partial charge in [0.25, 0.3) is 11.5 Å². The number of hydrogen-bond donors (Lipinski definition) is 3. The van der Waals surface area contributed by atoms with Crippen LogP contribution < -0.4 is 11.3 Å². The number of aromatic nitrogens is 1. The van der Waals surface area contributed by atoms with Gasteiger partial charge in [0.2, 0.25) is 0 Å². The van der Waals surface area contributed by atoms with Gasteiger partial charge in [0.05, 0.1) is 5.56 Å². The fourth-order valence-corrected chi connectivity index (χ4v) is 2.92. The van der Waals surface area contributed by atoms with Crippen molar-refractivity contribution >= 4 is 5.91 Å². The molecule has 0 aromatic carbocycles. The van der Waals surface area contributed by atoms with E-state index in [0.717, 1.165) is 32.1 Å². The van der Waals surface area contributed by atoms with E-state index in [1.165, 1.54) is 12.1 Å². The molecule has 0 spiro atoms. The number of H-pyrrole nitrogens is 1. The number of carbonyl (C=O) groups is 1. The topological polar surface area (TPSA) is 99.4 Å². The molecule has 21 heavy (non-hydrogen) atoms. The van der Waals surface area contributed by atoms with E-state index in [1.54, 1.807) is 0 Å². The van der Waals surface area contributed by atoms with Gasteiger partial charge in [0.15, 0.2) is 5.88 Å². The van der Waals surface area contributed by atoms with Crippen LogP contribution in [0.4, 0.5) is 0 Å². The Morgan fingerprint density at radius 1 is 1.38 bits per heavy atom. The Kier molecular flexibility index (Phi) is 5.01. The summed E-state index contributed by atoms with van der Waals surface area (Å²) in [4.78, 5) is 28.1. The lowest BCUT2D eigenvalue weighted by atomic mass is 9.90. The molecule has 4 N–H and O–H groups in total. The lowest BCUT2D eigenvalue weighted by molar-refractivity contribution is 0.0626. The van der Waals surface area contributed by atoms with E-state index in [4.69, 9.17) is 5.73 Å². The van der Waals surface area contributed by atoms with Gasteiger partial charge in [-0.15, -0.1) is 0 Å². The first-order chi connectivity index (χ1) is 10.0. The Labute approximate surface area is 124 Å². The van der Waals surface area contributed by atoms with Crippen LogP contribution in [0.1, 0.15) is 49.4 Å². The molecule has 1 fully saturated rings. The average molecular weight is 293 g/mol. The quantitative estimate of drug-likeness (QED) is 0.776. The van der Waals surface area contributed by atoms with Crippen molar-refractivity contribution in [3.8, 4) is 5.88 Å². The van der Waals surface area contributed by atoms with E-state index in [9.17, 15) is 14.7 Å². The van der Waals surface area contributed by atoms with Crippen LogP contribution in [-0.2, 0) is 0 Å². The number of nitrogens with zero attached hydrogens (tertiary/aromatic N) is 1. The summed E-state index contributed by atoms with van der Waals surface area (Å²) in [7, 11) is 0. The molecule has 1 saturated carbocycles. The molecular formula is C15H23N3O3. The first-order valence-electron chi connectivity index (χ1n) is 7.51. The van der Waals surface area contributed by atoms with Gasteiger partial charge in [-0.1, -0.05) is 6.92 Å². The molecule has 0 radical (unpaired) electrons. The minimum Gasteiger partial charge on any atom is -0.494 e. The minimum atomic E-state index is -0.472. The number of aromatic amines is 1. The van der Waals surface area contributed by atoms with Gasteiger partial charge in [-0.25, -0.2) is 0 Å². The van der Waals surface area contributed by atoms with Crippen molar-refractivity contribution in [1.29, 1.82) is 0 Å². The van der Waals surface area contributed by atoms with E-state index in [1.807, 2.05) is 11.8 Å². The molecule has 0 atom stereocenters. The van der Waals surface area contributed by atoms with Gasteiger partial charge in [-0.3, -0.25) is 14.6 Å². The first kappa shape index (κ1) is 15.6. The van der Waals surface area contributed by atoms with Gasteiger partial charge in [-0.05, 0) is 32.1 Å². The molecule has 2 rings (SSSR count). The van der Waals surface area contributed by atoms with E-state index >= 15 is 0 Å². The van der Waals surface area contributed by atoms with Crippen molar-refractivity contribution in [3.05, 3.63) is 28.0 Å². The highest BCUT2D eigenvalue weighted by Gasteiger charge is 2.28. The molecule has 1 aliphatic carbocycles. The summed E-state index contributed by atoms with van der Waals surface area (Å²) in [5.41, 5.74) is 5.68. The summed E-state index contributed by atoms with van der Waals surface area (Å²) in [6.07, 6.45) is 4.46. The Morgan fingerprint density at radius 3 is 2.62 bits per heavy atom. The number of nitrogens with one attached hydrogen (secondary N) is 1. The number of hydrogen-bond acceptors (Lipinski definition) is 4. The second-order valence-corrected chi connectivity index (χ2v) is 5.69. The van der Waals surface area contributed by atoms with Gasteiger partial charge in [0.1, 0.15) is 0 Å². The third-order valence-electron chi connectivity index (χ3n) is 3.98. The van der Waals surface area contributed by atoms with Crippen LogP contribution in [0, 0.1) is 0 Å². The smallest absolute Gasteiger partial charge is 0.254 e. The summed E-state index contributed by atoms with van der Waals surface area (Å²) >= 11 is 0. The second-order valence-electron chi connectivity index (χ2n) is 5.69. The predicted octanol–water partition coefficient (Wildman–Crippen LogP) is 1.20. The summed E-state index contributed by atoms with van der Waals surface area (Å²) < 4.78 is 0. The summed E-state index contributed by atoms with van der Waals surface area (Å²) in [5.74, 6) is -0.480. The van der Waals surface area contributed by atoms with Crippen molar-refractivity contribution in [3.63, 3.8) is 0 Å². The van der Waals surface area contributed by atoms with Crippen LogP contribution in [0.2, 0.25) is 0 Å². The van der Waals surface area contributed by atoms with Gasteiger partial charge >= 0.3 is 0 Å². The number of nitrogens with two attached hydrogens (primary N) is 1. The van der Waals surface area contributed by atoms with Crippen molar-refractivity contribution < 1.29 is 9.90 Å². The third-order valence-corrected chi connectivity index (χ3v) is 3.98. The zero-order valence-electron chi connectivity index (χ0n) is 12.3. The van der Waals surface area contributed by atoms with Crippen molar-refractivity contribution in [2.75, 3.05) is 6.54 Å². The monoisotopic (exact) mass is 293 g/mol. The molecule has 1 aromatic heterocycles. The van der Waals surface area contributed by atoms with E-state index < -0.39 is 5.56 Å². The molecule has 1 amide bonds. The first-order valence-corrected chi connectivity index (χ1v) is 7.51. The minimum absolute atomic E-state index is 0.165. The third kappa shape index (κ3) is 3.85. The summed E-state index contributed by atoms with van der Waals surface area (Å²) in [5, 5.41) is 9.46. The molecule has 0 bridgehead atoms. The maximum Gasteiger partial charge on any atom is 0.254 e. The van der Waals surface area contributed by atoms with Gasteiger partial charge in [-0.2, -0.15) is 0 Å². The van der Waals surface area contributed by atoms with Gasteiger partial charge < -0.3 is 15.7 Å². The molecule has 0 unspecified atom stereocenters. The number of rotatable bonds is 4. The molecular weight excluding hydrogens is 270 g/mol.